The molecule has 1 heterocycles. The number of halogens is 1. The molecule has 0 radical (unpaired) electrons. The first-order valence-corrected chi connectivity index (χ1v) is 9.57. The Morgan fingerprint density at radius 1 is 1.15 bits per heavy atom. The molecule has 1 aliphatic heterocycles. The Morgan fingerprint density at radius 3 is 2.33 bits per heavy atom. The molecule has 2 unspecified atom stereocenters. The van der Waals surface area contributed by atoms with Crippen LogP contribution in [0.25, 0.3) is 0 Å². The maximum atomic E-state index is 9.71. The summed E-state index contributed by atoms with van der Waals surface area (Å²) in [6.45, 7) is 9.70. The topological polar surface area (TPSA) is 69.1 Å². The van der Waals surface area contributed by atoms with Crippen LogP contribution in [0.5, 0.6) is 0 Å². The van der Waals surface area contributed by atoms with E-state index in [1.807, 2.05) is 30.3 Å². The largest absolute Gasteiger partial charge is 0.396 e. The van der Waals surface area contributed by atoms with Crippen molar-refractivity contribution in [1.29, 1.82) is 0 Å². The standard InChI is InChI=1S/C20H34N4O2.HI/c1-16(2)19(24-9-11-26-12-10-24)14-23-20(21-3)22-13-18(15-25)17-7-5-4-6-8-17;/h4-8,16,18-19,25H,9-15H2,1-3H3,(H2,21,22,23);1H. The SMILES string of the molecule is CN=C(NCC(CO)c1ccccc1)NCC(C(C)C)N1CCOCC1.I. The van der Waals surface area contributed by atoms with Crippen LogP contribution in [0.2, 0.25) is 0 Å². The fourth-order valence-corrected chi connectivity index (χ4v) is 3.35. The fourth-order valence-electron chi connectivity index (χ4n) is 3.35. The van der Waals surface area contributed by atoms with Gasteiger partial charge in [-0.2, -0.15) is 0 Å². The van der Waals surface area contributed by atoms with Crippen LogP contribution in [-0.4, -0.2) is 75.1 Å². The van der Waals surface area contributed by atoms with E-state index in [-0.39, 0.29) is 36.5 Å². The molecule has 3 N–H and O–H groups in total. The van der Waals surface area contributed by atoms with Crippen LogP contribution in [0.3, 0.4) is 0 Å². The Kier molecular flexibility index (Phi) is 11.9. The van der Waals surface area contributed by atoms with E-state index in [4.69, 9.17) is 4.74 Å². The van der Waals surface area contributed by atoms with E-state index < -0.39 is 0 Å². The van der Waals surface area contributed by atoms with Crippen LogP contribution in [-0.2, 0) is 4.74 Å². The minimum atomic E-state index is 0. The van der Waals surface area contributed by atoms with Crippen LogP contribution in [0.4, 0.5) is 0 Å². The molecule has 6 nitrogen and oxygen atoms in total. The van der Waals surface area contributed by atoms with Gasteiger partial charge < -0.3 is 20.5 Å². The third kappa shape index (κ3) is 7.93. The first kappa shape index (κ1) is 24.1. The predicted molar refractivity (Wildman–Crippen MR) is 122 cm³/mol. The summed E-state index contributed by atoms with van der Waals surface area (Å²) >= 11 is 0. The Hall–Kier alpha value is -0.900. The summed E-state index contributed by atoms with van der Waals surface area (Å²) in [6.07, 6.45) is 0. The van der Waals surface area contributed by atoms with Gasteiger partial charge in [0.05, 0.1) is 19.8 Å². The highest BCUT2D eigenvalue weighted by molar-refractivity contribution is 14.0. The lowest BCUT2D eigenvalue weighted by Gasteiger charge is -2.37. The van der Waals surface area contributed by atoms with E-state index in [0.717, 1.165) is 44.4 Å². The van der Waals surface area contributed by atoms with Gasteiger partial charge in [-0.1, -0.05) is 44.2 Å². The molecule has 0 spiro atoms. The van der Waals surface area contributed by atoms with Crippen LogP contribution in [0.1, 0.15) is 25.3 Å². The molecule has 1 aromatic carbocycles. The van der Waals surface area contributed by atoms with Crippen molar-refractivity contribution >= 4 is 29.9 Å². The minimum Gasteiger partial charge on any atom is -0.396 e. The van der Waals surface area contributed by atoms with Crippen molar-refractivity contribution in [2.45, 2.75) is 25.8 Å². The summed E-state index contributed by atoms with van der Waals surface area (Å²) in [4.78, 5) is 6.83. The number of hydrogen-bond acceptors (Lipinski definition) is 4. The van der Waals surface area contributed by atoms with E-state index in [1.54, 1.807) is 7.05 Å². The molecule has 0 aromatic heterocycles. The van der Waals surface area contributed by atoms with Crippen molar-refractivity contribution in [3.05, 3.63) is 35.9 Å². The summed E-state index contributed by atoms with van der Waals surface area (Å²) in [5.41, 5.74) is 1.13. The van der Waals surface area contributed by atoms with Gasteiger partial charge in [0.2, 0.25) is 0 Å². The highest BCUT2D eigenvalue weighted by Gasteiger charge is 2.24. The second-order valence-corrected chi connectivity index (χ2v) is 7.08. The Bertz CT molecular complexity index is 536. The van der Waals surface area contributed by atoms with Gasteiger partial charge in [-0.05, 0) is 11.5 Å². The number of aliphatic imine (C=N–C) groups is 1. The van der Waals surface area contributed by atoms with Crippen molar-refractivity contribution in [3.8, 4) is 0 Å². The first-order chi connectivity index (χ1) is 12.7. The molecule has 0 bridgehead atoms. The number of aliphatic hydroxyl groups excluding tert-OH is 1. The second-order valence-electron chi connectivity index (χ2n) is 7.08. The predicted octanol–water partition coefficient (Wildman–Crippen LogP) is 1.90. The lowest BCUT2D eigenvalue weighted by Crippen LogP contribution is -2.52. The maximum absolute atomic E-state index is 9.71. The number of ether oxygens (including phenoxy) is 1. The van der Waals surface area contributed by atoms with Crippen molar-refractivity contribution in [1.82, 2.24) is 15.5 Å². The van der Waals surface area contributed by atoms with Crippen LogP contribution in [0, 0.1) is 5.92 Å². The molecule has 1 aromatic rings. The lowest BCUT2D eigenvalue weighted by molar-refractivity contribution is 0.00752. The molecule has 1 saturated heterocycles. The van der Waals surface area contributed by atoms with Crippen LogP contribution >= 0.6 is 24.0 Å². The third-order valence-corrected chi connectivity index (χ3v) is 4.99. The number of aliphatic hydroxyl groups is 1. The van der Waals surface area contributed by atoms with Crippen molar-refractivity contribution < 1.29 is 9.84 Å². The molecule has 2 atom stereocenters. The second kappa shape index (κ2) is 13.3. The quantitative estimate of drug-likeness (QED) is 0.295. The van der Waals surface area contributed by atoms with Crippen molar-refractivity contribution in [3.63, 3.8) is 0 Å². The molecular weight excluding hydrogens is 455 g/mol. The summed E-state index contributed by atoms with van der Waals surface area (Å²) in [5.74, 6) is 1.38. The minimum absolute atomic E-state index is 0. The number of benzene rings is 1. The first-order valence-electron chi connectivity index (χ1n) is 9.57. The lowest BCUT2D eigenvalue weighted by atomic mass is 10.0. The van der Waals surface area contributed by atoms with Gasteiger partial charge in [0.25, 0.3) is 0 Å². The number of nitrogens with one attached hydrogen (secondary N) is 2. The molecule has 0 saturated carbocycles. The number of hydrogen-bond donors (Lipinski definition) is 3. The van der Waals surface area contributed by atoms with E-state index >= 15 is 0 Å². The zero-order chi connectivity index (χ0) is 18.8. The van der Waals surface area contributed by atoms with E-state index in [1.165, 1.54) is 0 Å². The molecule has 1 aliphatic rings. The van der Waals surface area contributed by atoms with Gasteiger partial charge in [-0.25, -0.2) is 0 Å². The van der Waals surface area contributed by atoms with E-state index in [0.29, 0.717) is 18.5 Å². The molecule has 0 aliphatic carbocycles. The van der Waals surface area contributed by atoms with E-state index in [2.05, 4.69) is 34.4 Å². The van der Waals surface area contributed by atoms with Gasteiger partial charge >= 0.3 is 0 Å². The van der Waals surface area contributed by atoms with Crippen LogP contribution < -0.4 is 10.6 Å². The molecule has 0 amide bonds. The third-order valence-electron chi connectivity index (χ3n) is 4.99. The Labute approximate surface area is 180 Å². The zero-order valence-electron chi connectivity index (χ0n) is 16.7. The molecule has 154 valence electrons. The van der Waals surface area contributed by atoms with Crippen LogP contribution in [0.15, 0.2) is 35.3 Å². The zero-order valence-corrected chi connectivity index (χ0v) is 19.1. The number of guanidine groups is 1. The van der Waals surface area contributed by atoms with Gasteiger partial charge in [0, 0.05) is 45.2 Å². The normalized spacial score (nSPS) is 17.9. The smallest absolute Gasteiger partial charge is 0.191 e. The van der Waals surface area contributed by atoms with Gasteiger partial charge in [0.1, 0.15) is 0 Å². The molecule has 1 fully saturated rings. The Balaban J connectivity index is 0.00000364. The fraction of sp³-hybridized carbons (Fsp3) is 0.650. The maximum Gasteiger partial charge on any atom is 0.191 e. The molecule has 27 heavy (non-hydrogen) atoms. The number of morpholine rings is 1. The average Bonchev–Trinajstić information content (AvgIpc) is 2.68. The van der Waals surface area contributed by atoms with Gasteiger partial charge in [-0.15, -0.1) is 24.0 Å². The monoisotopic (exact) mass is 490 g/mol. The van der Waals surface area contributed by atoms with Crippen molar-refractivity contribution in [2.24, 2.45) is 10.9 Å². The molecular formula is C20H35IN4O2. The summed E-state index contributed by atoms with van der Waals surface area (Å²) in [5, 5.41) is 16.5. The summed E-state index contributed by atoms with van der Waals surface area (Å²) in [6, 6.07) is 10.5. The molecule has 7 heteroatoms. The van der Waals surface area contributed by atoms with Crippen molar-refractivity contribution in [2.75, 3.05) is 53.0 Å². The summed E-state index contributed by atoms with van der Waals surface area (Å²) in [7, 11) is 1.78. The summed E-state index contributed by atoms with van der Waals surface area (Å²) < 4.78 is 5.47. The van der Waals surface area contributed by atoms with E-state index in [9.17, 15) is 5.11 Å². The number of nitrogens with zero attached hydrogens (tertiary/aromatic N) is 2. The highest BCUT2D eigenvalue weighted by Crippen LogP contribution is 2.14. The molecule has 2 rings (SSSR count). The van der Waals surface area contributed by atoms with Gasteiger partial charge in [-0.3, -0.25) is 9.89 Å². The average molecular weight is 490 g/mol. The number of rotatable bonds is 8. The highest BCUT2D eigenvalue weighted by atomic mass is 127. The Morgan fingerprint density at radius 2 is 1.78 bits per heavy atom. The van der Waals surface area contributed by atoms with Gasteiger partial charge in [0.15, 0.2) is 5.96 Å².